The number of alkyl halides is 3. The molecule has 1 unspecified atom stereocenters. The van der Waals surface area contributed by atoms with Gasteiger partial charge in [0.1, 0.15) is 12.0 Å². The Labute approximate surface area is 171 Å². The Morgan fingerprint density at radius 1 is 0.897 bits per heavy atom. The van der Waals surface area contributed by atoms with Crippen molar-refractivity contribution in [3.63, 3.8) is 0 Å². The molecule has 158 valence electrons. The summed E-state index contributed by atoms with van der Waals surface area (Å²) in [6.07, 6.45) is 2.02. The lowest BCUT2D eigenvalue weighted by Crippen LogP contribution is -2.08. The summed E-state index contributed by atoms with van der Waals surface area (Å²) in [5, 5.41) is 1.10. The summed E-state index contributed by atoms with van der Waals surface area (Å²) in [7, 11) is 0. The lowest BCUT2D eigenvalue weighted by Gasteiger charge is -2.06. The zero-order chi connectivity index (χ0) is 22.0. The Balaban J connectivity index is 0.000000252. The van der Waals surface area contributed by atoms with E-state index in [0.29, 0.717) is 5.92 Å². The second-order valence-electron chi connectivity index (χ2n) is 6.43. The van der Waals surface area contributed by atoms with Crippen LogP contribution in [0.25, 0.3) is 10.9 Å². The number of nitrogens with zero attached hydrogens (tertiary/aromatic N) is 3. The van der Waals surface area contributed by atoms with Crippen LogP contribution in [0.15, 0.2) is 43.0 Å². The minimum atomic E-state index is -4.32. The fourth-order valence-electron chi connectivity index (χ4n) is 2.98. The van der Waals surface area contributed by atoms with E-state index < -0.39 is 11.9 Å². The molecule has 1 aliphatic carbocycles. The molecule has 1 aliphatic rings. The standard InChI is InChI=1S/C10H10F3N.C9H8N2.2C2H6/c1-6-2-7-4-9(10(11,12)13)14-5-8(7)3-6;1-7-2-3-9-8(4-7)5-10-6-11-9;2*1-2/h4-6H,2-3H2,1H3;2-6H,1H3;2*1-2H3. The average molecular weight is 406 g/mol. The van der Waals surface area contributed by atoms with Crippen LogP contribution in [0.4, 0.5) is 13.2 Å². The zero-order valence-corrected chi connectivity index (χ0v) is 18.0. The van der Waals surface area contributed by atoms with E-state index in [2.05, 4.69) is 34.0 Å². The van der Waals surface area contributed by atoms with E-state index in [1.807, 2.05) is 46.9 Å². The maximum absolute atomic E-state index is 12.3. The normalized spacial score (nSPS) is 14.4. The van der Waals surface area contributed by atoms with Crippen LogP contribution >= 0.6 is 0 Å². The molecule has 0 N–H and O–H groups in total. The molecular weight excluding hydrogens is 375 g/mol. The molecule has 29 heavy (non-hydrogen) atoms. The summed E-state index contributed by atoms with van der Waals surface area (Å²) < 4.78 is 36.9. The number of halogens is 3. The molecule has 1 aromatic carbocycles. The lowest BCUT2D eigenvalue weighted by molar-refractivity contribution is -0.141. The van der Waals surface area contributed by atoms with Crippen molar-refractivity contribution < 1.29 is 13.2 Å². The van der Waals surface area contributed by atoms with E-state index in [1.54, 1.807) is 6.33 Å². The van der Waals surface area contributed by atoms with E-state index in [4.69, 9.17) is 0 Å². The third-order valence-corrected chi connectivity index (χ3v) is 4.17. The topological polar surface area (TPSA) is 38.7 Å². The van der Waals surface area contributed by atoms with Gasteiger partial charge in [-0.1, -0.05) is 46.2 Å². The SMILES string of the molecule is CC.CC.CC1Cc2cnc(C(F)(F)F)cc2C1.Cc1ccc2ncncc2c1. The van der Waals surface area contributed by atoms with Gasteiger partial charge >= 0.3 is 6.18 Å². The molecule has 0 fully saturated rings. The predicted molar refractivity (Wildman–Crippen MR) is 113 cm³/mol. The van der Waals surface area contributed by atoms with Gasteiger partial charge < -0.3 is 0 Å². The van der Waals surface area contributed by atoms with Gasteiger partial charge in [0.05, 0.1) is 5.52 Å². The number of pyridine rings is 1. The number of rotatable bonds is 0. The van der Waals surface area contributed by atoms with Crippen LogP contribution in [0, 0.1) is 12.8 Å². The molecule has 0 amide bonds. The summed E-state index contributed by atoms with van der Waals surface area (Å²) in [5.74, 6) is 0.440. The van der Waals surface area contributed by atoms with Crippen LogP contribution in [0.1, 0.15) is 57.0 Å². The van der Waals surface area contributed by atoms with Crippen molar-refractivity contribution in [2.24, 2.45) is 5.92 Å². The van der Waals surface area contributed by atoms with Crippen molar-refractivity contribution in [3.8, 4) is 0 Å². The van der Waals surface area contributed by atoms with Gasteiger partial charge in [0.2, 0.25) is 0 Å². The zero-order valence-electron chi connectivity index (χ0n) is 18.0. The Hall–Kier alpha value is -2.50. The van der Waals surface area contributed by atoms with Gasteiger partial charge in [0.15, 0.2) is 0 Å². The summed E-state index contributed by atoms with van der Waals surface area (Å²) in [5.41, 5.74) is 3.24. The van der Waals surface area contributed by atoms with Gasteiger partial charge in [-0.15, -0.1) is 0 Å². The molecule has 2 heterocycles. The van der Waals surface area contributed by atoms with Gasteiger partial charge in [-0.3, -0.25) is 4.98 Å². The second kappa shape index (κ2) is 11.5. The van der Waals surface area contributed by atoms with Crippen LogP contribution in [0.5, 0.6) is 0 Å². The first-order chi connectivity index (χ1) is 13.8. The van der Waals surface area contributed by atoms with Crippen molar-refractivity contribution >= 4 is 10.9 Å². The second-order valence-corrected chi connectivity index (χ2v) is 6.43. The number of aryl methyl sites for hydroxylation is 1. The number of benzene rings is 1. The van der Waals surface area contributed by atoms with Gasteiger partial charge in [-0.2, -0.15) is 13.2 Å². The molecule has 0 spiro atoms. The molecule has 3 aromatic rings. The van der Waals surface area contributed by atoms with Gasteiger partial charge in [-0.25, -0.2) is 9.97 Å². The number of hydrogen-bond donors (Lipinski definition) is 0. The van der Waals surface area contributed by atoms with E-state index in [-0.39, 0.29) is 0 Å². The largest absolute Gasteiger partial charge is 0.433 e. The minimum absolute atomic E-state index is 0.440. The fourth-order valence-corrected chi connectivity index (χ4v) is 2.98. The molecule has 6 heteroatoms. The molecule has 0 bridgehead atoms. The van der Waals surface area contributed by atoms with E-state index >= 15 is 0 Å². The molecule has 3 nitrogen and oxygen atoms in total. The predicted octanol–water partition coefficient (Wildman–Crippen LogP) is 6.83. The van der Waals surface area contributed by atoms with E-state index in [0.717, 1.165) is 34.9 Å². The van der Waals surface area contributed by atoms with Crippen molar-refractivity contribution in [1.82, 2.24) is 15.0 Å². The number of aromatic nitrogens is 3. The molecule has 2 aromatic heterocycles. The molecular formula is C23H30F3N3. The first kappa shape index (κ1) is 24.5. The van der Waals surface area contributed by atoms with Crippen molar-refractivity contribution in [3.05, 3.63) is 65.4 Å². The summed E-state index contributed by atoms with van der Waals surface area (Å²) >= 11 is 0. The van der Waals surface area contributed by atoms with Crippen LogP contribution < -0.4 is 0 Å². The van der Waals surface area contributed by atoms with E-state index in [1.165, 1.54) is 17.8 Å². The molecule has 0 radical (unpaired) electrons. The summed E-state index contributed by atoms with van der Waals surface area (Å²) in [4.78, 5) is 11.5. The highest BCUT2D eigenvalue weighted by Crippen LogP contribution is 2.32. The van der Waals surface area contributed by atoms with Crippen molar-refractivity contribution in [1.29, 1.82) is 0 Å². The quantitative estimate of drug-likeness (QED) is 0.412. The Morgan fingerprint density at radius 2 is 1.55 bits per heavy atom. The summed E-state index contributed by atoms with van der Waals surface area (Å²) in [6.45, 7) is 12.1. The summed E-state index contributed by atoms with van der Waals surface area (Å²) in [6, 6.07) is 7.32. The highest BCUT2D eigenvalue weighted by atomic mass is 19.4. The molecule has 0 aliphatic heterocycles. The number of fused-ring (bicyclic) bond motifs is 2. The third-order valence-electron chi connectivity index (χ3n) is 4.17. The van der Waals surface area contributed by atoms with E-state index in [9.17, 15) is 13.2 Å². The maximum atomic E-state index is 12.3. The van der Waals surface area contributed by atoms with Gasteiger partial charge in [0.25, 0.3) is 0 Å². The van der Waals surface area contributed by atoms with Crippen LogP contribution in [0.2, 0.25) is 0 Å². The Morgan fingerprint density at radius 3 is 2.21 bits per heavy atom. The van der Waals surface area contributed by atoms with Crippen LogP contribution in [-0.4, -0.2) is 15.0 Å². The number of hydrogen-bond acceptors (Lipinski definition) is 3. The molecule has 1 atom stereocenters. The monoisotopic (exact) mass is 405 g/mol. The molecule has 0 saturated heterocycles. The van der Waals surface area contributed by atoms with Crippen LogP contribution in [-0.2, 0) is 19.0 Å². The lowest BCUT2D eigenvalue weighted by atomic mass is 10.1. The van der Waals surface area contributed by atoms with Crippen LogP contribution in [0.3, 0.4) is 0 Å². The molecule has 4 rings (SSSR count). The minimum Gasteiger partial charge on any atom is -0.251 e. The Bertz CT molecular complexity index is 892. The highest BCUT2D eigenvalue weighted by Gasteiger charge is 2.33. The van der Waals surface area contributed by atoms with Gasteiger partial charge in [-0.05, 0) is 55.0 Å². The first-order valence-electron chi connectivity index (χ1n) is 10.0. The average Bonchev–Trinajstić information content (AvgIpc) is 3.10. The first-order valence-corrected chi connectivity index (χ1v) is 10.0. The van der Waals surface area contributed by atoms with Gasteiger partial charge in [0, 0.05) is 17.8 Å². The highest BCUT2D eigenvalue weighted by molar-refractivity contribution is 5.77. The fraction of sp³-hybridized carbons (Fsp3) is 0.435. The smallest absolute Gasteiger partial charge is 0.251 e. The molecule has 0 saturated carbocycles. The Kier molecular flexibility index (Phi) is 9.72. The van der Waals surface area contributed by atoms with Crippen molar-refractivity contribution in [2.75, 3.05) is 0 Å². The van der Waals surface area contributed by atoms with Crippen molar-refractivity contribution in [2.45, 2.75) is 60.6 Å². The maximum Gasteiger partial charge on any atom is 0.433 e. The third kappa shape index (κ3) is 7.11.